The molecule has 0 atom stereocenters. The van der Waals surface area contributed by atoms with Gasteiger partial charge in [0.25, 0.3) is 0 Å². The third-order valence-corrected chi connectivity index (χ3v) is 2.00. The van der Waals surface area contributed by atoms with Gasteiger partial charge < -0.3 is 14.2 Å². The molecule has 0 amide bonds. The third-order valence-electron chi connectivity index (χ3n) is 2.00. The fourth-order valence-electron chi connectivity index (χ4n) is 1.32. The highest BCUT2D eigenvalue weighted by molar-refractivity contribution is 5.60. The Morgan fingerprint density at radius 2 is 1.60 bits per heavy atom. The second kappa shape index (κ2) is 5.24. The van der Waals surface area contributed by atoms with Crippen molar-refractivity contribution >= 4 is 6.29 Å². The number of hydrogen-bond acceptors (Lipinski definition) is 4. The van der Waals surface area contributed by atoms with Gasteiger partial charge in [0.15, 0.2) is 11.5 Å². The van der Waals surface area contributed by atoms with Crippen LogP contribution in [0.1, 0.15) is 5.56 Å². The van der Waals surface area contributed by atoms with Crippen molar-refractivity contribution in [1.29, 1.82) is 0 Å². The molecule has 0 N–H and O–H groups in total. The number of hydrogen-bond donors (Lipinski definition) is 0. The molecule has 0 spiro atoms. The Bertz CT molecular complexity index is 321. The molecule has 0 aliphatic rings. The van der Waals surface area contributed by atoms with Crippen molar-refractivity contribution in [2.45, 2.75) is 6.42 Å². The summed E-state index contributed by atoms with van der Waals surface area (Å²) in [6.07, 6.45) is 2.03. The first-order valence-electron chi connectivity index (χ1n) is 4.40. The summed E-state index contributed by atoms with van der Waals surface area (Å²) in [4.78, 5) is 10.3. The largest absolute Gasteiger partial charge is 0.493 e. The minimum absolute atomic E-state index is 0.205. The Labute approximate surface area is 88.8 Å². The summed E-state index contributed by atoms with van der Waals surface area (Å²) >= 11 is 0. The van der Waals surface area contributed by atoms with E-state index in [1.807, 2.05) is 6.29 Å². The summed E-state index contributed by atoms with van der Waals surface area (Å²) in [5, 5.41) is 0. The minimum Gasteiger partial charge on any atom is -0.493 e. The first kappa shape index (κ1) is 11.4. The molecular weight excluding hydrogens is 196 g/mol. The maximum Gasteiger partial charge on any atom is 0.203 e. The van der Waals surface area contributed by atoms with E-state index in [2.05, 4.69) is 0 Å². The van der Waals surface area contributed by atoms with Crippen LogP contribution in [0.15, 0.2) is 12.1 Å². The zero-order valence-electron chi connectivity index (χ0n) is 8.99. The highest BCUT2D eigenvalue weighted by atomic mass is 16.5. The van der Waals surface area contributed by atoms with Gasteiger partial charge in [-0.2, -0.15) is 0 Å². The van der Waals surface area contributed by atoms with Crippen LogP contribution in [0.4, 0.5) is 0 Å². The molecule has 0 heterocycles. The van der Waals surface area contributed by atoms with Crippen LogP contribution in [0.3, 0.4) is 0 Å². The van der Waals surface area contributed by atoms with Crippen LogP contribution in [0.25, 0.3) is 0 Å². The molecular formula is C11H13O4. The molecule has 1 radical (unpaired) electrons. The molecule has 1 aromatic rings. The van der Waals surface area contributed by atoms with Gasteiger partial charge in [-0.1, -0.05) is 0 Å². The van der Waals surface area contributed by atoms with Gasteiger partial charge in [-0.15, -0.1) is 0 Å². The quantitative estimate of drug-likeness (QED) is 0.734. The van der Waals surface area contributed by atoms with Gasteiger partial charge >= 0.3 is 0 Å². The molecule has 0 unspecified atom stereocenters. The van der Waals surface area contributed by atoms with Gasteiger partial charge in [-0.05, 0) is 17.7 Å². The van der Waals surface area contributed by atoms with Crippen molar-refractivity contribution in [3.05, 3.63) is 17.7 Å². The second-order valence-corrected chi connectivity index (χ2v) is 2.85. The fourth-order valence-corrected chi connectivity index (χ4v) is 1.32. The normalized spacial score (nSPS) is 9.53. The van der Waals surface area contributed by atoms with E-state index in [1.165, 1.54) is 21.3 Å². The van der Waals surface area contributed by atoms with Gasteiger partial charge in [0, 0.05) is 6.42 Å². The van der Waals surface area contributed by atoms with Gasteiger partial charge in [-0.25, -0.2) is 0 Å². The van der Waals surface area contributed by atoms with E-state index in [4.69, 9.17) is 14.2 Å². The number of methoxy groups -OCH3 is 3. The summed E-state index contributed by atoms with van der Waals surface area (Å²) in [6.45, 7) is 0. The lowest BCUT2D eigenvalue weighted by atomic mass is 10.1. The van der Waals surface area contributed by atoms with E-state index in [0.29, 0.717) is 17.2 Å². The molecule has 0 aliphatic carbocycles. The van der Waals surface area contributed by atoms with Crippen LogP contribution < -0.4 is 14.2 Å². The van der Waals surface area contributed by atoms with E-state index in [9.17, 15) is 4.79 Å². The average molecular weight is 209 g/mol. The number of rotatable bonds is 5. The lowest BCUT2D eigenvalue weighted by Gasteiger charge is -2.13. The van der Waals surface area contributed by atoms with Gasteiger partial charge in [0.2, 0.25) is 12.0 Å². The topological polar surface area (TPSA) is 44.8 Å². The summed E-state index contributed by atoms with van der Waals surface area (Å²) < 4.78 is 15.4. The van der Waals surface area contributed by atoms with Crippen molar-refractivity contribution in [3.63, 3.8) is 0 Å². The van der Waals surface area contributed by atoms with Gasteiger partial charge in [-0.3, -0.25) is 4.79 Å². The first-order chi connectivity index (χ1) is 7.26. The molecule has 1 aromatic carbocycles. The van der Waals surface area contributed by atoms with Crippen LogP contribution >= 0.6 is 0 Å². The Hall–Kier alpha value is -1.71. The molecule has 0 aliphatic heterocycles. The molecule has 0 bridgehead atoms. The fraction of sp³-hybridized carbons (Fsp3) is 0.364. The molecule has 0 fully saturated rings. The van der Waals surface area contributed by atoms with E-state index in [-0.39, 0.29) is 6.42 Å². The van der Waals surface area contributed by atoms with Crippen LogP contribution in [-0.2, 0) is 11.2 Å². The van der Waals surface area contributed by atoms with Gasteiger partial charge in [0.05, 0.1) is 21.3 Å². The van der Waals surface area contributed by atoms with Crippen molar-refractivity contribution in [3.8, 4) is 17.2 Å². The Morgan fingerprint density at radius 1 is 1.07 bits per heavy atom. The molecule has 81 valence electrons. The zero-order chi connectivity index (χ0) is 11.3. The number of benzene rings is 1. The van der Waals surface area contributed by atoms with Crippen molar-refractivity contribution in [2.75, 3.05) is 21.3 Å². The monoisotopic (exact) mass is 209 g/mol. The maximum absolute atomic E-state index is 10.3. The van der Waals surface area contributed by atoms with Crippen LogP contribution in [0, 0.1) is 0 Å². The molecule has 4 nitrogen and oxygen atoms in total. The van der Waals surface area contributed by atoms with E-state index in [1.54, 1.807) is 12.1 Å². The molecule has 4 heteroatoms. The minimum atomic E-state index is 0.205. The van der Waals surface area contributed by atoms with Crippen LogP contribution in [0.5, 0.6) is 17.2 Å². The summed E-state index contributed by atoms with van der Waals surface area (Å²) in [6, 6.07) is 3.46. The van der Waals surface area contributed by atoms with Crippen LogP contribution in [-0.4, -0.2) is 27.6 Å². The molecule has 0 saturated heterocycles. The number of ether oxygens (including phenoxy) is 3. The van der Waals surface area contributed by atoms with E-state index >= 15 is 0 Å². The van der Waals surface area contributed by atoms with Crippen molar-refractivity contribution < 1.29 is 19.0 Å². The first-order valence-corrected chi connectivity index (χ1v) is 4.40. The summed E-state index contributed by atoms with van der Waals surface area (Å²) in [7, 11) is 4.60. The average Bonchev–Trinajstić information content (AvgIpc) is 2.28. The zero-order valence-corrected chi connectivity index (χ0v) is 8.99. The predicted octanol–water partition coefficient (Wildman–Crippen LogP) is 1.36. The van der Waals surface area contributed by atoms with E-state index in [0.717, 1.165) is 5.56 Å². The van der Waals surface area contributed by atoms with Crippen molar-refractivity contribution in [2.24, 2.45) is 0 Å². The highest BCUT2D eigenvalue weighted by Crippen LogP contribution is 2.38. The third kappa shape index (κ3) is 2.40. The molecule has 1 rings (SSSR count). The van der Waals surface area contributed by atoms with Crippen LogP contribution in [0.2, 0.25) is 0 Å². The summed E-state index contributed by atoms with van der Waals surface area (Å²) in [5.41, 5.74) is 0.777. The lowest BCUT2D eigenvalue weighted by molar-refractivity contribution is 0.324. The van der Waals surface area contributed by atoms with Gasteiger partial charge in [0.1, 0.15) is 0 Å². The van der Waals surface area contributed by atoms with Crippen molar-refractivity contribution in [1.82, 2.24) is 0 Å². The Morgan fingerprint density at radius 3 is 1.93 bits per heavy atom. The molecule has 0 aromatic heterocycles. The SMILES string of the molecule is COc1cc(C[C]=O)cc(OC)c1OC. The lowest BCUT2D eigenvalue weighted by Crippen LogP contribution is -1.97. The van der Waals surface area contributed by atoms with E-state index < -0.39 is 0 Å². The standard InChI is InChI=1S/C11H13O4/c1-13-9-6-8(4-5-12)7-10(14-2)11(9)15-3/h6-7H,4H2,1-3H3. The predicted molar refractivity (Wildman–Crippen MR) is 55.5 cm³/mol. The molecule has 0 saturated carbocycles. The Balaban J connectivity index is 3.22. The highest BCUT2D eigenvalue weighted by Gasteiger charge is 2.12. The summed E-state index contributed by atoms with van der Waals surface area (Å²) in [5.74, 6) is 1.61. The number of carbonyl (C=O) groups excluding carboxylic acids is 1. The smallest absolute Gasteiger partial charge is 0.203 e. The second-order valence-electron chi connectivity index (χ2n) is 2.85. The Kier molecular flexibility index (Phi) is 3.97. The maximum atomic E-state index is 10.3. The molecule has 15 heavy (non-hydrogen) atoms.